The Labute approximate surface area is 152 Å². The van der Waals surface area contributed by atoms with E-state index in [1.807, 2.05) is 0 Å². The van der Waals surface area contributed by atoms with Gasteiger partial charge in [-0.25, -0.2) is 0 Å². The van der Waals surface area contributed by atoms with E-state index in [1.165, 1.54) is 27.6 Å². The van der Waals surface area contributed by atoms with Crippen molar-refractivity contribution in [2.45, 2.75) is 33.2 Å². The van der Waals surface area contributed by atoms with Crippen LogP contribution in [0.5, 0.6) is 0 Å². The van der Waals surface area contributed by atoms with Crippen LogP contribution in [0.25, 0.3) is 16.5 Å². The van der Waals surface area contributed by atoms with Gasteiger partial charge in [-0.3, -0.25) is 4.90 Å². The summed E-state index contributed by atoms with van der Waals surface area (Å²) < 4.78 is 0. The lowest BCUT2D eigenvalue weighted by Gasteiger charge is -2.39. The zero-order valence-corrected chi connectivity index (χ0v) is 15.8. The molecular formula is C22H31N3. The molecule has 3 rings (SSSR count). The molecule has 3 heteroatoms. The topological polar surface area (TPSA) is 32.5 Å². The van der Waals surface area contributed by atoms with Gasteiger partial charge < -0.3 is 10.6 Å². The number of fused-ring (bicyclic) bond motifs is 1. The summed E-state index contributed by atoms with van der Waals surface area (Å²) in [5.74, 6) is 0. The van der Waals surface area contributed by atoms with Crippen LogP contribution in [0.2, 0.25) is 0 Å². The Balaban J connectivity index is 1.81. The highest BCUT2D eigenvalue weighted by molar-refractivity contribution is 5.86. The molecule has 2 N–H and O–H groups in total. The monoisotopic (exact) mass is 337 g/mol. The zero-order chi connectivity index (χ0) is 17.8. The van der Waals surface area contributed by atoms with E-state index in [0.717, 1.165) is 32.6 Å². The average Bonchev–Trinajstić information content (AvgIpc) is 2.63. The maximum atomic E-state index is 5.68. The quantitative estimate of drug-likeness (QED) is 0.902. The molecular weight excluding hydrogens is 306 g/mol. The predicted octanol–water partition coefficient (Wildman–Crippen LogP) is 3.73. The Kier molecular flexibility index (Phi) is 5.77. The third-order valence-corrected chi connectivity index (χ3v) is 5.29. The summed E-state index contributed by atoms with van der Waals surface area (Å²) in [6, 6.07) is 14.2. The van der Waals surface area contributed by atoms with Gasteiger partial charge in [-0.05, 0) is 61.7 Å². The highest BCUT2D eigenvalue weighted by atomic mass is 15.3. The third kappa shape index (κ3) is 4.05. The molecule has 134 valence electrons. The number of hydrogen-bond donors (Lipinski definition) is 1. The van der Waals surface area contributed by atoms with Gasteiger partial charge in [0.05, 0.1) is 0 Å². The molecule has 1 heterocycles. The van der Waals surface area contributed by atoms with E-state index < -0.39 is 0 Å². The van der Waals surface area contributed by atoms with Crippen LogP contribution in [-0.2, 0) is 6.42 Å². The molecule has 2 aromatic rings. The lowest BCUT2D eigenvalue weighted by molar-refractivity contribution is 0.143. The van der Waals surface area contributed by atoms with E-state index in [9.17, 15) is 0 Å². The smallest absolute Gasteiger partial charge is 0.0397 e. The van der Waals surface area contributed by atoms with Crippen molar-refractivity contribution in [3.63, 3.8) is 0 Å². The molecule has 1 fully saturated rings. The first kappa shape index (κ1) is 18.0. The molecule has 3 nitrogen and oxygen atoms in total. The summed E-state index contributed by atoms with van der Waals surface area (Å²) in [5, 5.41) is 2.60. The molecule has 2 aromatic carbocycles. The third-order valence-electron chi connectivity index (χ3n) is 5.29. The van der Waals surface area contributed by atoms with Gasteiger partial charge >= 0.3 is 0 Å². The van der Waals surface area contributed by atoms with Crippen molar-refractivity contribution in [3.05, 3.63) is 53.6 Å². The number of rotatable bonds is 5. The predicted molar refractivity (Wildman–Crippen MR) is 109 cm³/mol. The van der Waals surface area contributed by atoms with Crippen molar-refractivity contribution >= 4 is 16.5 Å². The fourth-order valence-corrected chi connectivity index (χ4v) is 3.79. The maximum Gasteiger partial charge on any atom is 0.0397 e. The first-order chi connectivity index (χ1) is 12.1. The minimum atomic E-state index is 0.639. The minimum Gasteiger partial charge on any atom is -0.369 e. The standard InChI is InChI=1S/C22H31N3/c1-4-22(25-13-11-24(12-14-25)17(2)3)21-8-7-19-15-18(9-10-23)5-6-20(19)16-21/h4-8,15-17H,9-14,23H2,1-3H3/b22-4-. The van der Waals surface area contributed by atoms with E-state index in [-0.39, 0.29) is 0 Å². The fraction of sp³-hybridized carbons (Fsp3) is 0.455. The summed E-state index contributed by atoms with van der Waals surface area (Å²) >= 11 is 0. The van der Waals surface area contributed by atoms with Gasteiger partial charge in [0.25, 0.3) is 0 Å². The van der Waals surface area contributed by atoms with E-state index in [0.29, 0.717) is 12.6 Å². The molecule has 0 spiro atoms. The Morgan fingerprint density at radius 3 is 2.36 bits per heavy atom. The Morgan fingerprint density at radius 1 is 1.04 bits per heavy atom. The van der Waals surface area contributed by atoms with Crippen LogP contribution in [-0.4, -0.2) is 48.6 Å². The number of nitrogens with two attached hydrogens (primary N) is 1. The summed E-state index contributed by atoms with van der Waals surface area (Å²) in [6.45, 7) is 11.9. The maximum absolute atomic E-state index is 5.68. The number of hydrogen-bond acceptors (Lipinski definition) is 3. The van der Waals surface area contributed by atoms with Gasteiger partial charge in [0.2, 0.25) is 0 Å². The molecule has 0 saturated carbocycles. The van der Waals surface area contributed by atoms with Crippen molar-refractivity contribution in [2.75, 3.05) is 32.7 Å². The first-order valence-electron chi connectivity index (χ1n) is 9.51. The van der Waals surface area contributed by atoms with E-state index >= 15 is 0 Å². The van der Waals surface area contributed by atoms with Crippen molar-refractivity contribution in [2.24, 2.45) is 5.73 Å². The summed E-state index contributed by atoms with van der Waals surface area (Å²) in [6.07, 6.45) is 3.20. The largest absolute Gasteiger partial charge is 0.369 e. The average molecular weight is 338 g/mol. The molecule has 1 aliphatic heterocycles. The summed E-state index contributed by atoms with van der Waals surface area (Å²) in [5.41, 5.74) is 9.68. The molecule has 0 atom stereocenters. The van der Waals surface area contributed by atoms with Gasteiger partial charge in [-0.2, -0.15) is 0 Å². The van der Waals surface area contributed by atoms with Crippen LogP contribution in [0, 0.1) is 0 Å². The van der Waals surface area contributed by atoms with Crippen molar-refractivity contribution in [3.8, 4) is 0 Å². The van der Waals surface area contributed by atoms with Crippen molar-refractivity contribution in [1.29, 1.82) is 0 Å². The summed E-state index contributed by atoms with van der Waals surface area (Å²) in [7, 11) is 0. The van der Waals surface area contributed by atoms with Crippen molar-refractivity contribution < 1.29 is 0 Å². The SMILES string of the molecule is C/C=C(/c1ccc2cc(CCN)ccc2c1)N1CCN(C(C)C)CC1. The number of benzene rings is 2. The second-order valence-corrected chi connectivity index (χ2v) is 7.23. The van der Waals surface area contributed by atoms with Gasteiger partial charge in [0.15, 0.2) is 0 Å². The number of piperazine rings is 1. The molecule has 0 bridgehead atoms. The van der Waals surface area contributed by atoms with Crippen LogP contribution < -0.4 is 5.73 Å². The fourth-order valence-electron chi connectivity index (χ4n) is 3.79. The van der Waals surface area contributed by atoms with Gasteiger partial charge in [-0.15, -0.1) is 0 Å². The van der Waals surface area contributed by atoms with Gasteiger partial charge in [-0.1, -0.05) is 36.4 Å². The Bertz CT molecular complexity index is 740. The van der Waals surface area contributed by atoms with E-state index in [1.54, 1.807) is 0 Å². The van der Waals surface area contributed by atoms with Crippen LogP contribution in [0.15, 0.2) is 42.5 Å². The molecule has 0 unspecified atom stereocenters. The van der Waals surface area contributed by atoms with E-state index in [2.05, 4.69) is 73.0 Å². The minimum absolute atomic E-state index is 0.639. The molecule has 0 aromatic heterocycles. The number of allylic oxidation sites excluding steroid dienone is 1. The van der Waals surface area contributed by atoms with Gasteiger partial charge in [0.1, 0.15) is 0 Å². The van der Waals surface area contributed by atoms with Crippen LogP contribution in [0.1, 0.15) is 31.9 Å². The lowest BCUT2D eigenvalue weighted by Crippen LogP contribution is -2.47. The normalized spacial score (nSPS) is 16.8. The zero-order valence-electron chi connectivity index (χ0n) is 15.8. The Hall–Kier alpha value is -1.84. The van der Waals surface area contributed by atoms with E-state index in [4.69, 9.17) is 5.73 Å². The number of nitrogens with zero attached hydrogens (tertiary/aromatic N) is 2. The van der Waals surface area contributed by atoms with Crippen LogP contribution in [0.4, 0.5) is 0 Å². The molecule has 25 heavy (non-hydrogen) atoms. The molecule has 1 saturated heterocycles. The molecule has 0 aliphatic carbocycles. The highest BCUT2D eigenvalue weighted by Crippen LogP contribution is 2.26. The van der Waals surface area contributed by atoms with Crippen LogP contribution >= 0.6 is 0 Å². The summed E-state index contributed by atoms with van der Waals surface area (Å²) in [4.78, 5) is 5.09. The first-order valence-corrected chi connectivity index (χ1v) is 9.51. The van der Waals surface area contributed by atoms with Gasteiger partial charge in [0, 0.05) is 37.9 Å². The lowest BCUT2D eigenvalue weighted by atomic mass is 10.0. The van der Waals surface area contributed by atoms with Crippen LogP contribution in [0.3, 0.4) is 0 Å². The second kappa shape index (κ2) is 8.03. The Morgan fingerprint density at radius 2 is 1.72 bits per heavy atom. The molecule has 0 radical (unpaired) electrons. The molecule has 1 aliphatic rings. The van der Waals surface area contributed by atoms with Crippen molar-refractivity contribution in [1.82, 2.24) is 9.80 Å². The highest BCUT2D eigenvalue weighted by Gasteiger charge is 2.20. The molecule has 0 amide bonds. The second-order valence-electron chi connectivity index (χ2n) is 7.23.